The predicted molar refractivity (Wildman–Crippen MR) is 78.3 cm³/mol. The Bertz CT molecular complexity index is 375. The number of phenols is 1. The number of hydrogen-bond donors (Lipinski definition) is 1. The fraction of sp³-hybridized carbons (Fsp3) is 0.625. The summed E-state index contributed by atoms with van der Waals surface area (Å²) in [5.41, 5.74) is 2.10. The molecule has 0 bridgehead atoms. The van der Waals surface area contributed by atoms with E-state index in [1.807, 2.05) is 12.1 Å². The van der Waals surface area contributed by atoms with E-state index in [4.69, 9.17) is 0 Å². The van der Waals surface area contributed by atoms with Gasteiger partial charge in [0.15, 0.2) is 0 Å². The molecule has 2 nitrogen and oxygen atoms in total. The second-order valence-electron chi connectivity index (χ2n) is 5.84. The zero-order valence-corrected chi connectivity index (χ0v) is 12.5. The Labute approximate surface area is 112 Å². The predicted octanol–water partition coefficient (Wildman–Crippen LogP) is 3.57. The molecule has 0 radical (unpaired) electrons. The standard InChI is InChI=1S/C16H27NO/c1-6-17(7-2)12-11-13-9-8-10-14(15(13)18)16(3,4)5/h8-10,18H,6-7,11-12H2,1-5H3. The lowest BCUT2D eigenvalue weighted by Gasteiger charge is -2.23. The molecule has 0 aliphatic heterocycles. The maximum absolute atomic E-state index is 10.4. The van der Waals surface area contributed by atoms with E-state index in [2.05, 4.69) is 45.6 Å². The van der Waals surface area contributed by atoms with Crippen LogP contribution in [0.4, 0.5) is 0 Å². The van der Waals surface area contributed by atoms with E-state index in [0.717, 1.165) is 37.2 Å². The first-order valence-corrected chi connectivity index (χ1v) is 6.93. The molecule has 102 valence electrons. The maximum Gasteiger partial charge on any atom is 0.122 e. The molecule has 0 aromatic heterocycles. The minimum absolute atomic E-state index is 0.00467. The molecule has 18 heavy (non-hydrogen) atoms. The minimum atomic E-state index is -0.00467. The van der Waals surface area contributed by atoms with Gasteiger partial charge >= 0.3 is 0 Å². The number of likely N-dealkylation sites (N-methyl/N-ethyl adjacent to an activating group) is 1. The zero-order valence-electron chi connectivity index (χ0n) is 12.5. The Morgan fingerprint density at radius 3 is 2.22 bits per heavy atom. The van der Waals surface area contributed by atoms with Crippen LogP contribution in [0.2, 0.25) is 0 Å². The highest BCUT2D eigenvalue weighted by molar-refractivity contribution is 5.44. The second kappa shape index (κ2) is 6.24. The van der Waals surface area contributed by atoms with Gasteiger partial charge < -0.3 is 10.0 Å². The molecule has 0 aliphatic rings. The number of phenolic OH excluding ortho intramolecular Hbond substituents is 1. The van der Waals surface area contributed by atoms with Crippen molar-refractivity contribution in [2.45, 2.75) is 46.5 Å². The molecular weight excluding hydrogens is 222 g/mol. The number of rotatable bonds is 5. The summed E-state index contributed by atoms with van der Waals surface area (Å²) >= 11 is 0. The van der Waals surface area contributed by atoms with Gasteiger partial charge in [-0.05, 0) is 36.1 Å². The molecule has 0 fully saturated rings. The average Bonchev–Trinajstić information content (AvgIpc) is 2.30. The van der Waals surface area contributed by atoms with Crippen molar-refractivity contribution in [3.8, 4) is 5.75 Å². The summed E-state index contributed by atoms with van der Waals surface area (Å²) in [6, 6.07) is 6.11. The van der Waals surface area contributed by atoms with E-state index in [9.17, 15) is 5.11 Å². The van der Waals surface area contributed by atoms with Gasteiger partial charge in [0.05, 0.1) is 0 Å². The molecule has 1 rings (SSSR count). The monoisotopic (exact) mass is 249 g/mol. The fourth-order valence-electron chi connectivity index (χ4n) is 2.22. The van der Waals surface area contributed by atoms with Crippen molar-refractivity contribution in [1.29, 1.82) is 0 Å². The van der Waals surface area contributed by atoms with E-state index in [-0.39, 0.29) is 5.41 Å². The third-order valence-electron chi connectivity index (χ3n) is 3.52. The highest BCUT2D eigenvalue weighted by Gasteiger charge is 2.19. The molecule has 0 saturated heterocycles. The lowest BCUT2D eigenvalue weighted by Crippen LogP contribution is -2.25. The third-order valence-corrected chi connectivity index (χ3v) is 3.52. The van der Waals surface area contributed by atoms with Crippen LogP contribution in [0.25, 0.3) is 0 Å². The van der Waals surface area contributed by atoms with E-state index in [0.29, 0.717) is 5.75 Å². The second-order valence-corrected chi connectivity index (χ2v) is 5.84. The van der Waals surface area contributed by atoms with Crippen molar-refractivity contribution in [2.75, 3.05) is 19.6 Å². The minimum Gasteiger partial charge on any atom is -0.507 e. The molecule has 0 heterocycles. The summed E-state index contributed by atoms with van der Waals surface area (Å²) in [4.78, 5) is 2.38. The van der Waals surface area contributed by atoms with Crippen LogP contribution < -0.4 is 0 Å². The van der Waals surface area contributed by atoms with Crippen LogP contribution in [0.5, 0.6) is 5.75 Å². The molecule has 0 spiro atoms. The van der Waals surface area contributed by atoms with Crippen LogP contribution in [0.1, 0.15) is 45.7 Å². The van der Waals surface area contributed by atoms with Gasteiger partial charge in [-0.25, -0.2) is 0 Å². The third kappa shape index (κ3) is 3.74. The van der Waals surface area contributed by atoms with Gasteiger partial charge in [-0.2, -0.15) is 0 Å². The zero-order chi connectivity index (χ0) is 13.8. The highest BCUT2D eigenvalue weighted by atomic mass is 16.3. The van der Waals surface area contributed by atoms with Gasteiger partial charge in [0.2, 0.25) is 0 Å². The number of benzene rings is 1. The van der Waals surface area contributed by atoms with Crippen molar-refractivity contribution in [3.05, 3.63) is 29.3 Å². The summed E-state index contributed by atoms with van der Waals surface area (Å²) in [7, 11) is 0. The van der Waals surface area contributed by atoms with E-state index in [1.54, 1.807) is 0 Å². The van der Waals surface area contributed by atoms with Crippen molar-refractivity contribution in [1.82, 2.24) is 4.90 Å². The molecule has 0 unspecified atom stereocenters. The van der Waals surface area contributed by atoms with Gasteiger partial charge in [-0.3, -0.25) is 0 Å². The van der Waals surface area contributed by atoms with Crippen LogP contribution in [-0.4, -0.2) is 29.6 Å². The number of hydrogen-bond acceptors (Lipinski definition) is 2. The first kappa shape index (κ1) is 15.0. The summed E-state index contributed by atoms with van der Waals surface area (Å²) < 4.78 is 0. The Balaban J connectivity index is 2.85. The molecule has 2 heteroatoms. The van der Waals surface area contributed by atoms with Crippen molar-refractivity contribution in [2.24, 2.45) is 0 Å². The van der Waals surface area contributed by atoms with Crippen LogP contribution >= 0.6 is 0 Å². The quantitative estimate of drug-likeness (QED) is 0.862. The molecule has 0 atom stereocenters. The van der Waals surface area contributed by atoms with Crippen LogP contribution in [0.15, 0.2) is 18.2 Å². The molecule has 0 aliphatic carbocycles. The first-order chi connectivity index (χ1) is 8.40. The molecule has 1 aromatic rings. The Hall–Kier alpha value is -1.02. The molecule has 0 saturated carbocycles. The molecule has 0 amide bonds. The van der Waals surface area contributed by atoms with Crippen LogP contribution in [-0.2, 0) is 11.8 Å². The lowest BCUT2D eigenvalue weighted by molar-refractivity contribution is 0.306. The Kier molecular flexibility index (Phi) is 5.21. The summed E-state index contributed by atoms with van der Waals surface area (Å²) in [5, 5.41) is 10.4. The first-order valence-electron chi connectivity index (χ1n) is 6.93. The summed E-state index contributed by atoms with van der Waals surface area (Å²) in [6.45, 7) is 13.9. The van der Waals surface area contributed by atoms with Gasteiger partial charge in [0.1, 0.15) is 5.75 Å². The summed E-state index contributed by atoms with van der Waals surface area (Å²) in [6.07, 6.45) is 0.914. The Morgan fingerprint density at radius 1 is 1.11 bits per heavy atom. The van der Waals surface area contributed by atoms with E-state index < -0.39 is 0 Å². The molecule has 1 N–H and O–H groups in total. The SMILES string of the molecule is CCN(CC)CCc1cccc(C(C)(C)C)c1O. The van der Waals surface area contributed by atoms with Crippen LogP contribution in [0, 0.1) is 0 Å². The topological polar surface area (TPSA) is 23.5 Å². The number of para-hydroxylation sites is 1. The van der Waals surface area contributed by atoms with E-state index >= 15 is 0 Å². The molecule has 1 aromatic carbocycles. The Morgan fingerprint density at radius 2 is 1.72 bits per heavy atom. The van der Waals surface area contributed by atoms with Gasteiger partial charge in [0.25, 0.3) is 0 Å². The van der Waals surface area contributed by atoms with Gasteiger partial charge in [-0.15, -0.1) is 0 Å². The fourth-order valence-corrected chi connectivity index (χ4v) is 2.22. The smallest absolute Gasteiger partial charge is 0.122 e. The summed E-state index contributed by atoms with van der Waals surface area (Å²) in [5.74, 6) is 0.483. The number of nitrogens with zero attached hydrogens (tertiary/aromatic N) is 1. The van der Waals surface area contributed by atoms with Gasteiger partial charge in [-0.1, -0.05) is 52.8 Å². The van der Waals surface area contributed by atoms with Crippen molar-refractivity contribution in [3.63, 3.8) is 0 Å². The highest BCUT2D eigenvalue weighted by Crippen LogP contribution is 2.33. The van der Waals surface area contributed by atoms with Gasteiger partial charge in [0, 0.05) is 6.54 Å². The normalized spacial score (nSPS) is 12.1. The molecular formula is C16H27NO. The number of aromatic hydroxyl groups is 1. The van der Waals surface area contributed by atoms with Crippen molar-refractivity contribution >= 4 is 0 Å². The van der Waals surface area contributed by atoms with Crippen LogP contribution in [0.3, 0.4) is 0 Å². The lowest BCUT2D eigenvalue weighted by atomic mass is 9.85. The largest absolute Gasteiger partial charge is 0.507 e. The average molecular weight is 249 g/mol. The van der Waals surface area contributed by atoms with Crippen molar-refractivity contribution < 1.29 is 5.11 Å². The van der Waals surface area contributed by atoms with E-state index in [1.165, 1.54) is 0 Å². The maximum atomic E-state index is 10.4.